The fourth-order valence-electron chi connectivity index (χ4n) is 2.55. The van der Waals surface area contributed by atoms with E-state index in [-0.39, 0.29) is 19.6 Å². The van der Waals surface area contributed by atoms with Gasteiger partial charge in [-0.05, 0) is 19.8 Å². The van der Waals surface area contributed by atoms with Crippen molar-refractivity contribution in [1.82, 2.24) is 9.96 Å². The summed E-state index contributed by atoms with van der Waals surface area (Å²) in [6.45, 7) is 4.17. The zero-order chi connectivity index (χ0) is 17.9. The highest BCUT2D eigenvalue weighted by Gasteiger charge is 2.45. The first-order chi connectivity index (χ1) is 11.6. The average Bonchev–Trinajstić information content (AvgIpc) is 2.57. The smallest absolute Gasteiger partial charge is 0.273 e. The summed E-state index contributed by atoms with van der Waals surface area (Å²) in [7, 11) is 0. The molecule has 24 heavy (non-hydrogen) atoms. The molecule has 0 aromatic carbocycles. The van der Waals surface area contributed by atoms with Crippen LogP contribution < -0.4 is 0 Å². The van der Waals surface area contributed by atoms with Crippen molar-refractivity contribution in [2.45, 2.75) is 58.8 Å². The van der Waals surface area contributed by atoms with Gasteiger partial charge in [-0.1, -0.05) is 39.0 Å². The lowest BCUT2D eigenvalue weighted by Crippen LogP contribution is -2.59. The minimum atomic E-state index is -1.10. The Morgan fingerprint density at radius 3 is 2.33 bits per heavy atom. The topological polar surface area (TPSA) is 84.0 Å². The van der Waals surface area contributed by atoms with Gasteiger partial charge in [0.05, 0.1) is 6.61 Å². The number of carbonyl (C=O) groups is 3. The second-order valence-corrected chi connectivity index (χ2v) is 5.71. The zero-order valence-corrected chi connectivity index (χ0v) is 14.5. The highest BCUT2D eigenvalue weighted by molar-refractivity contribution is 6.15. The molecule has 1 atom stereocenters. The molecule has 0 bridgehead atoms. The molecule has 7 heteroatoms. The van der Waals surface area contributed by atoms with Crippen LogP contribution in [0.4, 0.5) is 4.79 Å². The number of amides is 4. The number of hydroxylamine groups is 2. The van der Waals surface area contributed by atoms with Crippen molar-refractivity contribution in [3.05, 3.63) is 6.08 Å². The molecule has 7 nitrogen and oxygen atoms in total. The molecule has 0 N–H and O–H groups in total. The maximum absolute atomic E-state index is 12.3. The summed E-state index contributed by atoms with van der Waals surface area (Å²) in [6, 6.07) is -0.759. The Labute approximate surface area is 142 Å². The lowest BCUT2D eigenvalue weighted by Gasteiger charge is -2.34. The fraction of sp³-hybridized carbons (Fsp3) is 0.706. The second kappa shape index (κ2) is 10.7. The highest BCUT2D eigenvalue weighted by atomic mass is 16.7. The summed E-state index contributed by atoms with van der Waals surface area (Å²) >= 11 is 0. The van der Waals surface area contributed by atoms with Gasteiger partial charge in [-0.25, -0.2) is 9.59 Å². The maximum atomic E-state index is 12.3. The van der Waals surface area contributed by atoms with Crippen molar-refractivity contribution in [1.29, 1.82) is 0 Å². The van der Waals surface area contributed by atoms with Crippen molar-refractivity contribution in [3.63, 3.8) is 0 Å². The molecule has 1 heterocycles. The maximum Gasteiger partial charge on any atom is 0.358 e. The predicted octanol–water partition coefficient (Wildman–Crippen LogP) is 2.48. The summed E-state index contributed by atoms with van der Waals surface area (Å²) in [5, 5.41) is 0.667. The lowest BCUT2D eigenvalue weighted by molar-refractivity contribution is -0.185. The lowest BCUT2D eigenvalue weighted by atomic mass is 10.0. The molecule has 0 saturated carbocycles. The number of rotatable bonds is 11. The number of barbiturate groups is 1. The van der Waals surface area contributed by atoms with Crippen LogP contribution in [0.3, 0.4) is 0 Å². The SMILES string of the molecule is CCCCCCCCON1C(=O)C(CC=C=O)C(=O)N(CC)C1=O. The van der Waals surface area contributed by atoms with Crippen LogP contribution in [0.5, 0.6) is 0 Å². The molecular formula is C17H26N2O5. The standard InChI is InChI=1S/C17H26N2O5/c1-3-5-6-7-8-9-13-24-19-16(22)14(11-10-12-20)15(21)18(4-2)17(19)23/h10,14H,3-9,11,13H2,1-2H3. The van der Waals surface area contributed by atoms with Gasteiger partial charge in [-0.3, -0.25) is 19.3 Å². The number of hydrogen-bond donors (Lipinski definition) is 0. The molecule has 1 aliphatic rings. The number of carbonyl (C=O) groups excluding carboxylic acids is 4. The molecule has 0 spiro atoms. The Hall–Kier alpha value is -1.98. The van der Waals surface area contributed by atoms with Gasteiger partial charge in [-0.15, -0.1) is 5.06 Å². The van der Waals surface area contributed by atoms with Crippen molar-refractivity contribution < 1.29 is 24.0 Å². The third-order valence-corrected chi connectivity index (χ3v) is 3.94. The molecule has 4 amide bonds. The second-order valence-electron chi connectivity index (χ2n) is 5.71. The molecule has 0 aromatic heterocycles. The van der Waals surface area contributed by atoms with Gasteiger partial charge in [0.15, 0.2) is 0 Å². The quantitative estimate of drug-likeness (QED) is 0.328. The summed E-state index contributed by atoms with van der Waals surface area (Å²) in [6.07, 6.45) is 7.32. The molecule has 1 rings (SSSR count). The van der Waals surface area contributed by atoms with E-state index < -0.39 is 23.8 Å². The fourth-order valence-corrected chi connectivity index (χ4v) is 2.55. The van der Waals surface area contributed by atoms with Gasteiger partial charge in [-0.2, -0.15) is 0 Å². The predicted molar refractivity (Wildman–Crippen MR) is 87.3 cm³/mol. The Morgan fingerprint density at radius 2 is 1.71 bits per heavy atom. The van der Waals surface area contributed by atoms with Gasteiger partial charge in [0.1, 0.15) is 11.9 Å². The van der Waals surface area contributed by atoms with E-state index in [1.165, 1.54) is 12.8 Å². The number of imide groups is 2. The summed E-state index contributed by atoms with van der Waals surface area (Å²) in [5.74, 6) is -0.868. The number of allylic oxidation sites excluding steroid dienone is 1. The van der Waals surface area contributed by atoms with Gasteiger partial charge in [0.25, 0.3) is 5.91 Å². The first kappa shape index (κ1) is 20.1. The minimum Gasteiger partial charge on any atom is -0.273 e. The third-order valence-electron chi connectivity index (χ3n) is 3.94. The first-order valence-electron chi connectivity index (χ1n) is 8.60. The Morgan fingerprint density at radius 1 is 1.04 bits per heavy atom. The van der Waals surface area contributed by atoms with Crippen LogP contribution in [0.1, 0.15) is 58.8 Å². The normalized spacial score (nSPS) is 18.1. The number of hydrogen-bond acceptors (Lipinski definition) is 5. The third kappa shape index (κ3) is 5.28. The summed E-state index contributed by atoms with van der Waals surface area (Å²) in [5.41, 5.74) is 0. The van der Waals surface area contributed by atoms with Gasteiger partial charge < -0.3 is 0 Å². The van der Waals surface area contributed by atoms with E-state index in [0.717, 1.165) is 36.7 Å². The molecule has 0 radical (unpaired) electrons. The van der Waals surface area contributed by atoms with Crippen LogP contribution in [0.15, 0.2) is 6.08 Å². The monoisotopic (exact) mass is 338 g/mol. The number of unbranched alkanes of at least 4 members (excludes halogenated alkanes) is 5. The largest absolute Gasteiger partial charge is 0.358 e. The molecule has 1 fully saturated rings. The van der Waals surface area contributed by atoms with E-state index in [4.69, 9.17) is 4.84 Å². The molecule has 134 valence electrons. The van der Waals surface area contributed by atoms with Crippen molar-refractivity contribution in [2.75, 3.05) is 13.2 Å². The Balaban J connectivity index is 2.59. The van der Waals surface area contributed by atoms with Crippen LogP contribution >= 0.6 is 0 Å². The molecule has 0 aliphatic carbocycles. The van der Waals surface area contributed by atoms with Crippen LogP contribution in [0, 0.1) is 5.92 Å². The summed E-state index contributed by atoms with van der Waals surface area (Å²) in [4.78, 5) is 53.3. The van der Waals surface area contributed by atoms with E-state index in [1.54, 1.807) is 12.9 Å². The van der Waals surface area contributed by atoms with E-state index in [2.05, 4.69) is 6.92 Å². The summed E-state index contributed by atoms with van der Waals surface area (Å²) < 4.78 is 0. The van der Waals surface area contributed by atoms with Crippen LogP contribution in [0.25, 0.3) is 0 Å². The van der Waals surface area contributed by atoms with Gasteiger partial charge in [0, 0.05) is 12.6 Å². The Kier molecular flexibility index (Phi) is 8.97. The van der Waals surface area contributed by atoms with Crippen LogP contribution in [0.2, 0.25) is 0 Å². The minimum absolute atomic E-state index is 0.0815. The van der Waals surface area contributed by atoms with E-state index >= 15 is 0 Å². The highest BCUT2D eigenvalue weighted by Crippen LogP contribution is 2.21. The molecule has 1 saturated heterocycles. The van der Waals surface area contributed by atoms with Crippen molar-refractivity contribution >= 4 is 23.8 Å². The molecule has 1 unspecified atom stereocenters. The van der Waals surface area contributed by atoms with Crippen LogP contribution in [-0.4, -0.2) is 46.9 Å². The number of urea groups is 1. The van der Waals surface area contributed by atoms with E-state index in [1.807, 2.05) is 0 Å². The van der Waals surface area contributed by atoms with Gasteiger partial charge >= 0.3 is 6.03 Å². The van der Waals surface area contributed by atoms with E-state index in [9.17, 15) is 19.2 Å². The molecule has 1 aliphatic heterocycles. The van der Waals surface area contributed by atoms with Gasteiger partial charge in [0.2, 0.25) is 5.91 Å². The number of nitrogens with zero attached hydrogens (tertiary/aromatic N) is 2. The average molecular weight is 338 g/mol. The zero-order valence-electron chi connectivity index (χ0n) is 14.5. The van der Waals surface area contributed by atoms with Crippen molar-refractivity contribution in [3.8, 4) is 0 Å². The Bertz CT molecular complexity index is 499. The van der Waals surface area contributed by atoms with Crippen molar-refractivity contribution in [2.24, 2.45) is 5.92 Å². The molecule has 0 aromatic rings. The molecular weight excluding hydrogens is 312 g/mol. The first-order valence-corrected chi connectivity index (χ1v) is 8.60. The van der Waals surface area contributed by atoms with Crippen LogP contribution in [-0.2, 0) is 19.2 Å². The van der Waals surface area contributed by atoms with E-state index in [0.29, 0.717) is 5.06 Å².